The number of terminal acetylenes is 1. The molecular formula is C22H20N2O3S. The van der Waals surface area contributed by atoms with Crippen molar-refractivity contribution in [2.45, 2.75) is 16.8 Å². The molecule has 0 saturated carbocycles. The zero-order valence-electron chi connectivity index (χ0n) is 15.9. The predicted molar refractivity (Wildman–Crippen MR) is 110 cm³/mol. The Morgan fingerprint density at radius 3 is 2.54 bits per heavy atom. The normalized spacial score (nSPS) is 10.2. The van der Waals surface area contributed by atoms with Gasteiger partial charge in [-0.1, -0.05) is 17.7 Å². The van der Waals surface area contributed by atoms with E-state index in [1.54, 1.807) is 20.5 Å². The summed E-state index contributed by atoms with van der Waals surface area (Å²) in [5.74, 6) is 4.73. The number of aromatic nitrogens is 2. The molecule has 0 bridgehead atoms. The average molecular weight is 392 g/mol. The van der Waals surface area contributed by atoms with Gasteiger partial charge in [-0.05, 0) is 55.0 Å². The van der Waals surface area contributed by atoms with Crippen molar-refractivity contribution < 1.29 is 14.2 Å². The summed E-state index contributed by atoms with van der Waals surface area (Å²) >= 11 is 1.49. The van der Waals surface area contributed by atoms with Crippen molar-refractivity contribution in [1.29, 1.82) is 0 Å². The molecule has 2 aromatic carbocycles. The Bertz CT molecular complexity index is 1010. The number of benzene rings is 2. The topological polar surface area (TPSA) is 53.5 Å². The van der Waals surface area contributed by atoms with Gasteiger partial charge in [-0.3, -0.25) is 0 Å². The van der Waals surface area contributed by atoms with Gasteiger partial charge in [0.05, 0.1) is 24.8 Å². The van der Waals surface area contributed by atoms with Gasteiger partial charge in [0.15, 0.2) is 0 Å². The number of methoxy groups -OCH3 is 2. The summed E-state index contributed by atoms with van der Waals surface area (Å²) in [4.78, 5) is 9.73. The molecule has 0 N–H and O–H groups in total. The van der Waals surface area contributed by atoms with E-state index in [0.29, 0.717) is 0 Å². The Balaban J connectivity index is 1.88. The van der Waals surface area contributed by atoms with Gasteiger partial charge < -0.3 is 14.2 Å². The van der Waals surface area contributed by atoms with Crippen LogP contribution in [0.5, 0.6) is 17.2 Å². The molecule has 1 heterocycles. The van der Waals surface area contributed by atoms with Crippen molar-refractivity contribution in [2.24, 2.45) is 0 Å². The third-order valence-electron chi connectivity index (χ3n) is 4.02. The summed E-state index contributed by atoms with van der Waals surface area (Å²) in [7, 11) is 3.28. The first-order valence-corrected chi connectivity index (χ1v) is 9.35. The SMILES string of the molecule is C#CCOc1ccc(-c2cc(Sc3cc(OC)ccc3OC)ncn2)c(C)c1. The molecule has 0 aliphatic heterocycles. The van der Waals surface area contributed by atoms with Crippen molar-refractivity contribution in [3.05, 3.63) is 54.4 Å². The minimum atomic E-state index is 0.245. The van der Waals surface area contributed by atoms with Gasteiger partial charge in [-0.15, -0.1) is 6.42 Å². The fraction of sp³-hybridized carbons (Fsp3) is 0.182. The Kier molecular flexibility index (Phi) is 6.41. The minimum Gasteiger partial charge on any atom is -0.497 e. The molecule has 5 nitrogen and oxygen atoms in total. The summed E-state index contributed by atoms with van der Waals surface area (Å²) in [5, 5.41) is 0.809. The molecule has 0 unspecified atom stereocenters. The highest BCUT2D eigenvalue weighted by molar-refractivity contribution is 7.99. The lowest BCUT2D eigenvalue weighted by molar-refractivity contribution is 0.370. The maximum absolute atomic E-state index is 5.48. The van der Waals surface area contributed by atoms with E-state index >= 15 is 0 Å². The molecule has 0 spiro atoms. The summed E-state index contributed by atoms with van der Waals surface area (Å²) in [5.41, 5.74) is 2.89. The smallest absolute Gasteiger partial charge is 0.148 e. The predicted octanol–water partition coefficient (Wildman–Crippen LogP) is 4.63. The molecule has 0 radical (unpaired) electrons. The van der Waals surface area contributed by atoms with Crippen molar-refractivity contribution in [3.8, 4) is 40.8 Å². The van der Waals surface area contributed by atoms with Crippen LogP contribution in [0, 0.1) is 19.3 Å². The monoisotopic (exact) mass is 392 g/mol. The second-order valence-corrected chi connectivity index (χ2v) is 6.89. The maximum Gasteiger partial charge on any atom is 0.148 e. The number of aryl methyl sites for hydroxylation is 1. The third-order valence-corrected chi connectivity index (χ3v) is 4.99. The van der Waals surface area contributed by atoms with Crippen LogP contribution in [0.15, 0.2) is 58.7 Å². The molecule has 3 rings (SSSR count). The van der Waals surface area contributed by atoms with E-state index < -0.39 is 0 Å². The molecule has 28 heavy (non-hydrogen) atoms. The van der Waals surface area contributed by atoms with Gasteiger partial charge in [0.25, 0.3) is 0 Å². The van der Waals surface area contributed by atoms with E-state index in [-0.39, 0.29) is 6.61 Å². The molecule has 0 saturated heterocycles. The van der Waals surface area contributed by atoms with E-state index in [2.05, 4.69) is 15.9 Å². The van der Waals surface area contributed by atoms with Crippen molar-refractivity contribution >= 4 is 11.8 Å². The summed E-state index contributed by atoms with van der Waals surface area (Å²) in [6.45, 7) is 2.26. The number of hydrogen-bond acceptors (Lipinski definition) is 6. The van der Waals surface area contributed by atoms with Crippen LogP contribution in [0.1, 0.15) is 5.56 Å². The van der Waals surface area contributed by atoms with Crippen LogP contribution in [0.4, 0.5) is 0 Å². The van der Waals surface area contributed by atoms with E-state index in [0.717, 1.165) is 44.0 Å². The van der Waals surface area contributed by atoms with Crippen LogP contribution < -0.4 is 14.2 Å². The minimum absolute atomic E-state index is 0.245. The molecule has 0 amide bonds. The first-order chi connectivity index (χ1) is 13.6. The quantitative estimate of drug-likeness (QED) is 0.432. The molecule has 1 aromatic heterocycles. The average Bonchev–Trinajstić information content (AvgIpc) is 2.72. The van der Waals surface area contributed by atoms with Crippen LogP contribution in [0.3, 0.4) is 0 Å². The number of hydrogen-bond donors (Lipinski definition) is 0. The molecule has 3 aromatic rings. The van der Waals surface area contributed by atoms with Gasteiger partial charge in [0, 0.05) is 5.56 Å². The zero-order chi connectivity index (χ0) is 19.9. The second kappa shape index (κ2) is 9.16. The molecule has 0 aliphatic rings. The van der Waals surface area contributed by atoms with Crippen LogP contribution in [-0.4, -0.2) is 30.8 Å². The first kappa shape index (κ1) is 19.6. The fourth-order valence-electron chi connectivity index (χ4n) is 2.66. The van der Waals surface area contributed by atoms with Crippen molar-refractivity contribution in [1.82, 2.24) is 9.97 Å². The Morgan fingerprint density at radius 1 is 1.00 bits per heavy atom. The Labute approximate surface area is 169 Å². The Morgan fingerprint density at radius 2 is 1.82 bits per heavy atom. The van der Waals surface area contributed by atoms with Gasteiger partial charge >= 0.3 is 0 Å². The third kappa shape index (κ3) is 4.56. The van der Waals surface area contributed by atoms with Crippen LogP contribution in [0.25, 0.3) is 11.3 Å². The second-order valence-electron chi connectivity index (χ2n) is 5.83. The van der Waals surface area contributed by atoms with E-state index in [4.69, 9.17) is 20.6 Å². The summed E-state index contributed by atoms with van der Waals surface area (Å²) < 4.78 is 16.2. The highest BCUT2D eigenvalue weighted by Gasteiger charge is 2.11. The molecule has 0 atom stereocenters. The van der Waals surface area contributed by atoms with Crippen LogP contribution >= 0.6 is 11.8 Å². The van der Waals surface area contributed by atoms with Crippen molar-refractivity contribution in [2.75, 3.05) is 20.8 Å². The molecule has 142 valence electrons. The maximum atomic E-state index is 5.48. The molecule has 0 aliphatic carbocycles. The Hall–Kier alpha value is -3.17. The number of nitrogens with zero attached hydrogens (tertiary/aromatic N) is 2. The zero-order valence-corrected chi connectivity index (χ0v) is 16.7. The van der Waals surface area contributed by atoms with Gasteiger partial charge in [-0.25, -0.2) is 9.97 Å². The molecular weight excluding hydrogens is 372 g/mol. The summed E-state index contributed by atoms with van der Waals surface area (Å²) in [6, 6.07) is 13.4. The first-order valence-electron chi connectivity index (χ1n) is 8.54. The van der Waals surface area contributed by atoms with Crippen LogP contribution in [0.2, 0.25) is 0 Å². The van der Waals surface area contributed by atoms with E-state index in [9.17, 15) is 0 Å². The van der Waals surface area contributed by atoms with Crippen LogP contribution in [-0.2, 0) is 0 Å². The molecule has 0 fully saturated rings. The van der Waals surface area contributed by atoms with Gasteiger partial charge in [0.2, 0.25) is 0 Å². The van der Waals surface area contributed by atoms with E-state index in [1.165, 1.54) is 11.8 Å². The lowest BCUT2D eigenvalue weighted by Crippen LogP contribution is -1.95. The largest absolute Gasteiger partial charge is 0.497 e. The van der Waals surface area contributed by atoms with Gasteiger partial charge in [-0.2, -0.15) is 0 Å². The highest BCUT2D eigenvalue weighted by atomic mass is 32.2. The van der Waals surface area contributed by atoms with Crippen molar-refractivity contribution in [3.63, 3.8) is 0 Å². The highest BCUT2D eigenvalue weighted by Crippen LogP contribution is 2.37. The fourth-order valence-corrected chi connectivity index (χ4v) is 3.58. The van der Waals surface area contributed by atoms with E-state index in [1.807, 2.05) is 49.4 Å². The summed E-state index contributed by atoms with van der Waals surface area (Å²) in [6.07, 6.45) is 6.81. The molecule has 6 heteroatoms. The standard InChI is InChI=1S/C22H20N2O3S/c1-5-10-27-17-6-8-18(15(2)11-17)19-13-22(24-14-23-19)28-21-12-16(25-3)7-9-20(21)26-4/h1,6-9,11-14H,10H2,2-4H3. The number of rotatable bonds is 7. The van der Waals surface area contributed by atoms with Gasteiger partial charge in [0.1, 0.15) is 35.2 Å². The lowest BCUT2D eigenvalue weighted by Gasteiger charge is -2.11. The number of ether oxygens (including phenoxy) is 3. The lowest BCUT2D eigenvalue weighted by atomic mass is 10.1.